The lowest BCUT2D eigenvalue weighted by Crippen LogP contribution is -2.42. The number of aromatic carboxylic acids is 1. The minimum Gasteiger partial charge on any atom is -0.477 e. The number of carboxylic acid groups (broad SMARTS) is 1. The fourth-order valence-corrected chi connectivity index (χ4v) is 5.80. The third-order valence-corrected chi connectivity index (χ3v) is 8.05. The van der Waals surface area contributed by atoms with Crippen LogP contribution in [-0.4, -0.2) is 23.0 Å². The van der Waals surface area contributed by atoms with Crippen LogP contribution in [0.2, 0.25) is 5.02 Å². The van der Waals surface area contributed by atoms with E-state index >= 15 is 0 Å². The summed E-state index contributed by atoms with van der Waals surface area (Å²) in [5.41, 5.74) is 3.56. The number of rotatable bonds is 6. The lowest BCUT2D eigenvalue weighted by atomic mass is 9.82. The molecule has 1 amide bonds. The van der Waals surface area contributed by atoms with Crippen molar-refractivity contribution in [2.45, 2.75) is 52.5 Å². The Morgan fingerprint density at radius 3 is 2.00 bits per heavy atom. The number of thiophene rings is 1. The average Bonchev–Trinajstić information content (AvgIpc) is 3.25. The maximum atomic E-state index is 13.5. The molecule has 4 rings (SSSR count). The van der Waals surface area contributed by atoms with Gasteiger partial charge in [-0.15, -0.1) is 11.3 Å². The first kappa shape index (κ1) is 24.5. The van der Waals surface area contributed by atoms with Crippen LogP contribution in [0.5, 0.6) is 0 Å². The largest absolute Gasteiger partial charge is 0.477 e. The van der Waals surface area contributed by atoms with Gasteiger partial charge in [0.2, 0.25) is 5.91 Å². The molecule has 0 saturated heterocycles. The second-order valence-corrected chi connectivity index (χ2v) is 11.0. The zero-order valence-electron chi connectivity index (χ0n) is 19.8. The topological polar surface area (TPSA) is 57.6 Å². The summed E-state index contributed by atoms with van der Waals surface area (Å²) in [6.45, 7) is 6.13. The first-order chi connectivity index (χ1) is 16.2. The van der Waals surface area contributed by atoms with Crippen LogP contribution in [0.3, 0.4) is 0 Å². The van der Waals surface area contributed by atoms with E-state index in [1.165, 1.54) is 11.3 Å². The Bertz CT molecular complexity index is 1160. The van der Waals surface area contributed by atoms with E-state index in [0.29, 0.717) is 16.6 Å². The molecule has 3 aromatic rings. The number of halogens is 1. The van der Waals surface area contributed by atoms with Crippen LogP contribution in [0, 0.1) is 11.8 Å². The standard InChI is InChI=1S/C28H30ClNO3S/c1-17(2)30(27(31)22-6-4-18(3)5-7-22)24-16-25(34-26(24)28(32)33)21-10-8-19(9-11-21)20-12-14-23(29)15-13-20/h8-18,22H,4-7H2,1-3H3,(H,32,33). The smallest absolute Gasteiger partial charge is 0.348 e. The fourth-order valence-electron chi connectivity index (χ4n) is 4.68. The van der Waals surface area contributed by atoms with E-state index in [4.69, 9.17) is 11.6 Å². The Labute approximate surface area is 210 Å². The van der Waals surface area contributed by atoms with Crippen LogP contribution in [-0.2, 0) is 4.79 Å². The van der Waals surface area contributed by atoms with Gasteiger partial charge in [0, 0.05) is 21.9 Å². The number of nitrogens with zero attached hydrogens (tertiary/aromatic N) is 1. The van der Waals surface area contributed by atoms with Gasteiger partial charge in [-0.3, -0.25) is 4.79 Å². The van der Waals surface area contributed by atoms with Crippen molar-refractivity contribution in [2.75, 3.05) is 4.90 Å². The van der Waals surface area contributed by atoms with Crippen molar-refractivity contribution in [1.82, 2.24) is 0 Å². The van der Waals surface area contributed by atoms with Crippen molar-refractivity contribution in [3.05, 3.63) is 64.5 Å². The van der Waals surface area contributed by atoms with Crippen LogP contribution in [0.4, 0.5) is 5.69 Å². The summed E-state index contributed by atoms with van der Waals surface area (Å²) in [5, 5.41) is 10.7. The summed E-state index contributed by atoms with van der Waals surface area (Å²) >= 11 is 7.22. The van der Waals surface area contributed by atoms with Gasteiger partial charge in [-0.2, -0.15) is 0 Å². The highest BCUT2D eigenvalue weighted by Gasteiger charge is 2.33. The molecule has 2 aromatic carbocycles. The Morgan fingerprint density at radius 2 is 1.47 bits per heavy atom. The van der Waals surface area contributed by atoms with Gasteiger partial charge in [0.05, 0.1) is 5.69 Å². The molecule has 0 bridgehead atoms. The number of hydrogen-bond acceptors (Lipinski definition) is 3. The number of benzene rings is 2. The molecular formula is C28H30ClNO3S. The van der Waals surface area contributed by atoms with Gasteiger partial charge in [0.1, 0.15) is 4.88 Å². The van der Waals surface area contributed by atoms with Crippen LogP contribution < -0.4 is 4.90 Å². The van der Waals surface area contributed by atoms with E-state index in [2.05, 4.69) is 6.92 Å². The minimum absolute atomic E-state index is 0.0396. The third-order valence-electron chi connectivity index (χ3n) is 6.63. The molecule has 1 heterocycles. The lowest BCUT2D eigenvalue weighted by molar-refractivity contribution is -0.123. The van der Waals surface area contributed by atoms with E-state index < -0.39 is 5.97 Å². The van der Waals surface area contributed by atoms with Crippen LogP contribution in [0.15, 0.2) is 54.6 Å². The summed E-state index contributed by atoms with van der Waals surface area (Å²) in [6.07, 6.45) is 3.83. The Morgan fingerprint density at radius 1 is 0.941 bits per heavy atom. The highest BCUT2D eigenvalue weighted by atomic mass is 35.5. The predicted molar refractivity (Wildman–Crippen MR) is 141 cm³/mol. The van der Waals surface area contributed by atoms with Crippen molar-refractivity contribution in [3.8, 4) is 21.6 Å². The quantitative estimate of drug-likeness (QED) is 0.376. The van der Waals surface area contributed by atoms with Gasteiger partial charge in [0.25, 0.3) is 0 Å². The van der Waals surface area contributed by atoms with Crippen LogP contribution in [0.1, 0.15) is 56.1 Å². The van der Waals surface area contributed by atoms with Gasteiger partial charge in [0.15, 0.2) is 0 Å². The monoisotopic (exact) mass is 495 g/mol. The molecular weight excluding hydrogens is 466 g/mol. The van der Waals surface area contributed by atoms with Crippen molar-refractivity contribution in [3.63, 3.8) is 0 Å². The number of carbonyl (C=O) groups excluding carboxylic acids is 1. The van der Waals surface area contributed by atoms with Crippen LogP contribution >= 0.6 is 22.9 Å². The first-order valence-electron chi connectivity index (χ1n) is 11.8. The van der Waals surface area contributed by atoms with Gasteiger partial charge in [-0.1, -0.05) is 54.9 Å². The lowest BCUT2D eigenvalue weighted by Gasteiger charge is -2.33. The minimum atomic E-state index is -1.00. The molecule has 1 saturated carbocycles. The van der Waals surface area contributed by atoms with Gasteiger partial charge >= 0.3 is 5.97 Å². The highest BCUT2D eigenvalue weighted by molar-refractivity contribution is 7.18. The van der Waals surface area contributed by atoms with E-state index in [0.717, 1.165) is 47.3 Å². The highest BCUT2D eigenvalue weighted by Crippen LogP contribution is 2.40. The SMILES string of the molecule is CC1CCC(C(=O)N(c2cc(-c3ccc(-c4ccc(Cl)cc4)cc3)sc2C(=O)O)C(C)C)CC1. The number of carbonyl (C=O) groups is 2. The second kappa shape index (κ2) is 10.3. The number of anilines is 1. The summed E-state index contributed by atoms with van der Waals surface area (Å²) < 4.78 is 0. The van der Waals surface area contributed by atoms with Crippen molar-refractivity contribution >= 4 is 40.5 Å². The molecule has 1 aromatic heterocycles. The molecule has 6 heteroatoms. The first-order valence-corrected chi connectivity index (χ1v) is 13.0. The molecule has 34 heavy (non-hydrogen) atoms. The molecule has 1 N–H and O–H groups in total. The number of hydrogen-bond donors (Lipinski definition) is 1. The van der Waals surface area contributed by atoms with Gasteiger partial charge in [-0.05, 0) is 80.3 Å². The maximum Gasteiger partial charge on any atom is 0.348 e. The van der Waals surface area contributed by atoms with E-state index in [9.17, 15) is 14.7 Å². The molecule has 0 spiro atoms. The normalized spacial score (nSPS) is 18.1. The molecule has 0 atom stereocenters. The number of amides is 1. The zero-order chi connectivity index (χ0) is 24.4. The fraction of sp³-hybridized carbons (Fsp3) is 0.357. The van der Waals surface area contributed by atoms with Crippen LogP contribution in [0.25, 0.3) is 21.6 Å². The second-order valence-electron chi connectivity index (χ2n) is 9.47. The summed E-state index contributed by atoms with van der Waals surface area (Å²) in [4.78, 5) is 28.4. The third kappa shape index (κ3) is 5.21. The van der Waals surface area contributed by atoms with Gasteiger partial charge in [-0.25, -0.2) is 4.79 Å². The van der Waals surface area contributed by atoms with Crippen molar-refractivity contribution in [2.24, 2.45) is 11.8 Å². The summed E-state index contributed by atoms with van der Waals surface area (Å²) in [6, 6.07) is 17.4. The molecule has 1 fully saturated rings. The number of carboxylic acids is 1. The average molecular weight is 496 g/mol. The summed E-state index contributed by atoms with van der Waals surface area (Å²) in [7, 11) is 0. The molecule has 4 nitrogen and oxygen atoms in total. The molecule has 1 aliphatic carbocycles. The molecule has 178 valence electrons. The predicted octanol–water partition coefficient (Wildman–Crippen LogP) is 8.00. The molecule has 0 aliphatic heterocycles. The van der Waals surface area contributed by atoms with E-state index in [1.54, 1.807) is 4.90 Å². The van der Waals surface area contributed by atoms with Crippen molar-refractivity contribution < 1.29 is 14.7 Å². The Balaban J connectivity index is 1.66. The molecule has 0 radical (unpaired) electrons. The molecule has 0 unspecified atom stereocenters. The van der Waals surface area contributed by atoms with E-state index in [-0.39, 0.29) is 22.7 Å². The van der Waals surface area contributed by atoms with Crippen molar-refractivity contribution in [1.29, 1.82) is 0 Å². The summed E-state index contributed by atoms with van der Waals surface area (Å²) in [5.74, 6) is -0.344. The Hall–Kier alpha value is -2.63. The molecule has 1 aliphatic rings. The maximum absolute atomic E-state index is 13.5. The Kier molecular flexibility index (Phi) is 7.44. The zero-order valence-corrected chi connectivity index (χ0v) is 21.3. The van der Waals surface area contributed by atoms with E-state index in [1.807, 2.05) is 68.4 Å². The van der Waals surface area contributed by atoms with Gasteiger partial charge < -0.3 is 10.0 Å².